The average molecular weight is 261 g/mol. The molecule has 7 nitrogen and oxygen atoms in total. The van der Waals surface area contributed by atoms with E-state index in [0.29, 0.717) is 17.6 Å². The fraction of sp³-hybridized carbons (Fsp3) is 0.417. The Labute approximate surface area is 110 Å². The van der Waals surface area contributed by atoms with Gasteiger partial charge in [-0.15, -0.1) is 0 Å². The number of methoxy groups -OCH3 is 1. The molecule has 19 heavy (non-hydrogen) atoms. The molecule has 7 heteroatoms. The van der Waals surface area contributed by atoms with Crippen LogP contribution in [-0.2, 0) is 4.74 Å². The lowest BCUT2D eigenvalue weighted by molar-refractivity contribution is 0.0781. The van der Waals surface area contributed by atoms with Crippen molar-refractivity contribution < 1.29 is 9.53 Å². The summed E-state index contributed by atoms with van der Waals surface area (Å²) in [6, 6.07) is -0.0240. The number of aromatic nitrogens is 3. The quantitative estimate of drug-likeness (QED) is 0.774. The van der Waals surface area contributed by atoms with Crippen molar-refractivity contribution in [3.8, 4) is 0 Å². The van der Waals surface area contributed by atoms with Crippen LogP contribution in [0.25, 0.3) is 5.52 Å². The van der Waals surface area contributed by atoms with Crippen LogP contribution < -0.4 is 10.6 Å². The average Bonchev–Trinajstić information content (AvgIpc) is 3.04. The molecular weight excluding hydrogens is 246 g/mol. The van der Waals surface area contributed by atoms with Gasteiger partial charge in [0.2, 0.25) is 0 Å². The third kappa shape index (κ3) is 2.18. The first-order valence-corrected chi connectivity index (χ1v) is 6.11. The zero-order valence-electron chi connectivity index (χ0n) is 10.5. The number of carbonyl (C=O) groups excluding carboxylic acids is 1. The molecule has 1 aliphatic heterocycles. The van der Waals surface area contributed by atoms with Crippen LogP contribution in [0.15, 0.2) is 24.8 Å². The van der Waals surface area contributed by atoms with Gasteiger partial charge in [-0.05, 0) is 0 Å². The predicted octanol–water partition coefficient (Wildman–Crippen LogP) is -0.554. The number of carbonyl (C=O) groups is 1. The molecule has 1 amide bonds. The zero-order chi connectivity index (χ0) is 13.2. The molecule has 0 saturated carbocycles. The minimum absolute atomic E-state index is 0.00362. The van der Waals surface area contributed by atoms with Crippen molar-refractivity contribution in [2.45, 2.75) is 12.1 Å². The molecule has 2 atom stereocenters. The summed E-state index contributed by atoms with van der Waals surface area (Å²) in [6.45, 7) is 1.46. The molecule has 0 spiro atoms. The molecule has 2 aromatic heterocycles. The third-order valence-electron chi connectivity index (χ3n) is 3.35. The van der Waals surface area contributed by atoms with E-state index in [2.05, 4.69) is 20.7 Å². The molecule has 1 fully saturated rings. The SMILES string of the molecule is CO[C@H]1CNCC1NC(=O)c1cnn2ccncc12. The number of amides is 1. The van der Waals surface area contributed by atoms with Gasteiger partial charge in [0, 0.05) is 32.6 Å². The van der Waals surface area contributed by atoms with E-state index in [1.807, 2.05) is 0 Å². The normalized spacial score (nSPS) is 22.8. The number of rotatable bonds is 3. The Morgan fingerprint density at radius 3 is 3.26 bits per heavy atom. The minimum Gasteiger partial charge on any atom is -0.378 e. The summed E-state index contributed by atoms with van der Waals surface area (Å²) in [4.78, 5) is 16.3. The van der Waals surface area contributed by atoms with Gasteiger partial charge in [-0.2, -0.15) is 5.10 Å². The van der Waals surface area contributed by atoms with Crippen molar-refractivity contribution in [2.75, 3.05) is 20.2 Å². The molecule has 0 bridgehead atoms. The first-order chi connectivity index (χ1) is 9.29. The minimum atomic E-state index is -0.154. The largest absolute Gasteiger partial charge is 0.378 e. The Morgan fingerprint density at radius 1 is 1.53 bits per heavy atom. The summed E-state index contributed by atoms with van der Waals surface area (Å²) in [5.74, 6) is -0.154. The topological polar surface area (TPSA) is 80.5 Å². The first kappa shape index (κ1) is 12.1. The van der Waals surface area contributed by atoms with E-state index in [1.54, 1.807) is 36.4 Å². The van der Waals surface area contributed by atoms with Crippen molar-refractivity contribution in [1.82, 2.24) is 25.2 Å². The highest BCUT2D eigenvalue weighted by Crippen LogP contribution is 2.10. The molecule has 3 rings (SSSR count). The fourth-order valence-electron chi connectivity index (χ4n) is 2.30. The van der Waals surface area contributed by atoms with Crippen LogP contribution in [0.5, 0.6) is 0 Å². The molecule has 0 aliphatic carbocycles. The molecule has 2 N–H and O–H groups in total. The first-order valence-electron chi connectivity index (χ1n) is 6.11. The van der Waals surface area contributed by atoms with E-state index < -0.39 is 0 Å². The second kappa shape index (κ2) is 4.94. The lowest BCUT2D eigenvalue weighted by Gasteiger charge is -2.18. The van der Waals surface area contributed by atoms with Gasteiger partial charge in [0.25, 0.3) is 5.91 Å². The van der Waals surface area contributed by atoms with E-state index in [4.69, 9.17) is 4.74 Å². The van der Waals surface area contributed by atoms with Crippen molar-refractivity contribution in [1.29, 1.82) is 0 Å². The number of nitrogens with zero attached hydrogens (tertiary/aromatic N) is 3. The molecule has 1 saturated heterocycles. The van der Waals surface area contributed by atoms with E-state index >= 15 is 0 Å². The number of fused-ring (bicyclic) bond motifs is 1. The van der Waals surface area contributed by atoms with Crippen molar-refractivity contribution >= 4 is 11.4 Å². The van der Waals surface area contributed by atoms with E-state index in [0.717, 1.165) is 6.54 Å². The maximum atomic E-state index is 12.3. The Kier molecular flexibility index (Phi) is 3.14. The molecule has 0 radical (unpaired) electrons. The third-order valence-corrected chi connectivity index (χ3v) is 3.35. The monoisotopic (exact) mass is 261 g/mol. The second-order valence-electron chi connectivity index (χ2n) is 4.48. The van der Waals surface area contributed by atoms with E-state index in [-0.39, 0.29) is 18.1 Å². The van der Waals surface area contributed by atoms with Crippen LogP contribution in [0.4, 0.5) is 0 Å². The predicted molar refractivity (Wildman–Crippen MR) is 67.9 cm³/mol. The Bertz CT molecular complexity index is 597. The molecular formula is C12H15N5O2. The molecule has 1 aliphatic rings. The summed E-state index contributed by atoms with van der Waals surface area (Å²) in [7, 11) is 1.65. The summed E-state index contributed by atoms with van der Waals surface area (Å²) < 4.78 is 6.95. The van der Waals surface area contributed by atoms with Crippen molar-refractivity contribution in [3.63, 3.8) is 0 Å². The highest BCUT2D eigenvalue weighted by molar-refractivity contribution is 6.00. The second-order valence-corrected chi connectivity index (χ2v) is 4.48. The van der Waals surface area contributed by atoms with Crippen LogP contribution in [0, 0.1) is 0 Å². The highest BCUT2D eigenvalue weighted by Gasteiger charge is 2.29. The van der Waals surface area contributed by atoms with Crippen LogP contribution >= 0.6 is 0 Å². The van der Waals surface area contributed by atoms with Crippen molar-refractivity contribution in [2.24, 2.45) is 0 Å². The zero-order valence-corrected chi connectivity index (χ0v) is 10.5. The van der Waals surface area contributed by atoms with Gasteiger partial charge in [-0.3, -0.25) is 9.78 Å². The molecule has 0 aromatic carbocycles. The van der Waals surface area contributed by atoms with Crippen LogP contribution in [0.2, 0.25) is 0 Å². The van der Waals surface area contributed by atoms with Crippen LogP contribution in [-0.4, -0.2) is 52.9 Å². The summed E-state index contributed by atoms with van der Waals surface area (Å²) in [5.41, 5.74) is 1.22. The number of hydrogen-bond acceptors (Lipinski definition) is 5. The molecule has 1 unspecified atom stereocenters. The molecule has 2 aromatic rings. The standard InChI is InChI=1S/C12H15N5O2/c1-19-11-7-14-5-9(11)16-12(18)8-4-15-17-3-2-13-6-10(8)17/h2-4,6,9,11,14H,5,7H2,1H3,(H,16,18)/t9?,11-/m0/s1. The van der Waals surface area contributed by atoms with Gasteiger partial charge in [-0.25, -0.2) is 4.52 Å². The highest BCUT2D eigenvalue weighted by atomic mass is 16.5. The Morgan fingerprint density at radius 2 is 2.42 bits per heavy atom. The van der Waals surface area contributed by atoms with Gasteiger partial charge in [0.05, 0.1) is 35.6 Å². The van der Waals surface area contributed by atoms with Crippen LogP contribution in [0.3, 0.4) is 0 Å². The summed E-state index contributed by atoms with van der Waals surface area (Å²) >= 11 is 0. The van der Waals surface area contributed by atoms with Gasteiger partial charge >= 0.3 is 0 Å². The van der Waals surface area contributed by atoms with E-state index in [9.17, 15) is 4.79 Å². The molecule has 3 heterocycles. The smallest absolute Gasteiger partial charge is 0.255 e. The lowest BCUT2D eigenvalue weighted by Crippen LogP contribution is -2.43. The Hall–Kier alpha value is -1.99. The number of ether oxygens (including phenoxy) is 1. The summed E-state index contributed by atoms with van der Waals surface area (Å²) in [6.07, 6.45) is 6.52. The van der Waals surface area contributed by atoms with Gasteiger partial charge in [0.1, 0.15) is 0 Å². The van der Waals surface area contributed by atoms with Gasteiger partial charge < -0.3 is 15.4 Å². The van der Waals surface area contributed by atoms with Gasteiger partial charge in [-0.1, -0.05) is 0 Å². The number of nitrogens with one attached hydrogen (secondary N) is 2. The lowest BCUT2D eigenvalue weighted by atomic mass is 10.2. The van der Waals surface area contributed by atoms with Crippen LogP contribution in [0.1, 0.15) is 10.4 Å². The maximum absolute atomic E-state index is 12.3. The van der Waals surface area contributed by atoms with Crippen molar-refractivity contribution in [3.05, 3.63) is 30.4 Å². The van der Waals surface area contributed by atoms with Gasteiger partial charge in [0.15, 0.2) is 0 Å². The maximum Gasteiger partial charge on any atom is 0.255 e. The Balaban J connectivity index is 1.80. The van der Waals surface area contributed by atoms with E-state index in [1.165, 1.54) is 0 Å². The molecule has 100 valence electrons. The number of hydrogen-bond donors (Lipinski definition) is 2. The summed E-state index contributed by atoms with van der Waals surface area (Å²) in [5, 5.41) is 10.3. The fourth-order valence-corrected chi connectivity index (χ4v) is 2.30.